The molecule has 2 heteroatoms. The van der Waals surface area contributed by atoms with Gasteiger partial charge in [-0.15, -0.1) is 0 Å². The summed E-state index contributed by atoms with van der Waals surface area (Å²) in [6.07, 6.45) is 2.11. The molecular formula is C9H12NS. The number of rotatable bonds is 4. The van der Waals surface area contributed by atoms with Crippen LogP contribution in [0.1, 0.15) is 0 Å². The van der Waals surface area contributed by atoms with E-state index < -0.39 is 0 Å². The summed E-state index contributed by atoms with van der Waals surface area (Å²) < 4.78 is 0. The fourth-order valence-corrected chi connectivity index (χ4v) is 1.11. The number of benzene rings is 1. The van der Waals surface area contributed by atoms with E-state index in [0.29, 0.717) is 0 Å². The van der Waals surface area contributed by atoms with Crippen LogP contribution in [0, 0.1) is 6.07 Å². The lowest BCUT2D eigenvalue weighted by Crippen LogP contribution is -2.02. The van der Waals surface area contributed by atoms with Gasteiger partial charge in [0, 0.05) is 18.0 Å². The molecule has 1 N–H and O–H groups in total. The van der Waals surface area contributed by atoms with Crippen molar-refractivity contribution in [2.24, 2.45) is 0 Å². The zero-order valence-corrected chi connectivity index (χ0v) is 7.45. The Balaban J connectivity index is 2.28. The van der Waals surface area contributed by atoms with Gasteiger partial charge in [-0.3, -0.25) is 0 Å². The molecule has 0 amide bonds. The molecule has 11 heavy (non-hydrogen) atoms. The normalized spacial score (nSPS) is 9.55. The van der Waals surface area contributed by atoms with Gasteiger partial charge in [-0.1, -0.05) is 12.1 Å². The molecule has 0 bridgehead atoms. The van der Waals surface area contributed by atoms with Gasteiger partial charge in [0.05, 0.1) is 0 Å². The van der Waals surface area contributed by atoms with Crippen molar-refractivity contribution in [2.75, 3.05) is 23.9 Å². The Bertz CT molecular complexity index is 186. The molecule has 1 rings (SSSR count). The van der Waals surface area contributed by atoms with Crippen LogP contribution >= 0.6 is 11.8 Å². The fraction of sp³-hybridized carbons (Fsp3) is 0.333. The van der Waals surface area contributed by atoms with Gasteiger partial charge in [-0.2, -0.15) is 11.8 Å². The summed E-state index contributed by atoms with van der Waals surface area (Å²) in [6.45, 7) is 1.03. The molecule has 0 spiro atoms. The summed E-state index contributed by atoms with van der Waals surface area (Å²) in [5.41, 5.74) is 1.18. The minimum atomic E-state index is 1.03. The number of nitrogens with one attached hydrogen (secondary N) is 1. The minimum absolute atomic E-state index is 1.03. The molecule has 0 fully saturated rings. The van der Waals surface area contributed by atoms with Gasteiger partial charge in [0.15, 0.2) is 0 Å². The average Bonchev–Trinajstić information content (AvgIpc) is 2.07. The molecule has 1 aromatic rings. The van der Waals surface area contributed by atoms with Crippen LogP contribution < -0.4 is 5.32 Å². The maximum absolute atomic E-state index is 3.30. The molecule has 0 aliphatic heterocycles. The predicted molar refractivity (Wildman–Crippen MR) is 52.1 cm³/mol. The van der Waals surface area contributed by atoms with Gasteiger partial charge >= 0.3 is 0 Å². The first-order chi connectivity index (χ1) is 5.43. The van der Waals surface area contributed by atoms with Crippen LogP contribution in [-0.4, -0.2) is 18.6 Å². The fourth-order valence-electron chi connectivity index (χ4n) is 0.802. The molecule has 59 valence electrons. The van der Waals surface area contributed by atoms with E-state index in [0.717, 1.165) is 12.3 Å². The summed E-state index contributed by atoms with van der Waals surface area (Å²) in [6, 6.07) is 10.9. The van der Waals surface area contributed by atoms with E-state index in [1.165, 1.54) is 5.69 Å². The molecule has 1 radical (unpaired) electrons. The van der Waals surface area contributed by atoms with E-state index >= 15 is 0 Å². The average molecular weight is 166 g/mol. The van der Waals surface area contributed by atoms with E-state index in [4.69, 9.17) is 0 Å². The standard InChI is InChI=1S/C9H12NS/c1-11-8-7-10-9-5-3-2-4-6-9/h3-6,10H,7-8H2,1H3. The summed E-state index contributed by atoms with van der Waals surface area (Å²) in [4.78, 5) is 0. The highest BCUT2D eigenvalue weighted by Crippen LogP contribution is 2.04. The van der Waals surface area contributed by atoms with Crippen molar-refractivity contribution in [1.29, 1.82) is 0 Å². The van der Waals surface area contributed by atoms with Crippen molar-refractivity contribution >= 4 is 17.4 Å². The molecule has 0 heterocycles. The second-order valence-corrected chi connectivity index (χ2v) is 3.19. The largest absolute Gasteiger partial charge is 0.384 e. The summed E-state index contributed by atoms with van der Waals surface area (Å²) in [5.74, 6) is 1.15. The Morgan fingerprint density at radius 2 is 2.18 bits per heavy atom. The maximum Gasteiger partial charge on any atom is 0.0340 e. The highest BCUT2D eigenvalue weighted by Gasteiger charge is 1.86. The van der Waals surface area contributed by atoms with Gasteiger partial charge in [0.1, 0.15) is 0 Å². The zero-order valence-electron chi connectivity index (χ0n) is 6.63. The van der Waals surface area contributed by atoms with E-state index in [9.17, 15) is 0 Å². The molecule has 0 atom stereocenters. The molecule has 0 saturated carbocycles. The molecule has 0 aliphatic rings. The van der Waals surface area contributed by atoms with E-state index in [1.54, 1.807) is 0 Å². The topological polar surface area (TPSA) is 12.0 Å². The third-order valence-electron chi connectivity index (χ3n) is 1.35. The lowest BCUT2D eigenvalue weighted by atomic mass is 10.3. The Labute approximate surface area is 72.2 Å². The first kappa shape index (κ1) is 8.47. The molecule has 0 saturated heterocycles. The summed E-state index contributed by atoms with van der Waals surface area (Å²) in [7, 11) is 0. The highest BCUT2D eigenvalue weighted by molar-refractivity contribution is 7.98. The van der Waals surface area contributed by atoms with Gasteiger partial charge in [-0.25, -0.2) is 0 Å². The number of hydrogen-bond acceptors (Lipinski definition) is 2. The predicted octanol–water partition coefficient (Wildman–Crippen LogP) is 2.26. The van der Waals surface area contributed by atoms with Crippen LogP contribution in [0.4, 0.5) is 5.69 Å². The second-order valence-electron chi connectivity index (χ2n) is 2.21. The van der Waals surface area contributed by atoms with Gasteiger partial charge in [0.25, 0.3) is 0 Å². The summed E-state index contributed by atoms with van der Waals surface area (Å²) >= 11 is 1.85. The zero-order chi connectivity index (χ0) is 7.94. The smallest absolute Gasteiger partial charge is 0.0340 e. The van der Waals surface area contributed by atoms with E-state index in [1.807, 2.05) is 36.0 Å². The van der Waals surface area contributed by atoms with Crippen LogP contribution in [-0.2, 0) is 0 Å². The lowest BCUT2D eigenvalue weighted by Gasteiger charge is -2.03. The Morgan fingerprint density at radius 1 is 1.45 bits per heavy atom. The Kier molecular flexibility index (Phi) is 3.91. The molecule has 0 aromatic heterocycles. The number of thioether (sulfide) groups is 1. The van der Waals surface area contributed by atoms with Gasteiger partial charge in [0.2, 0.25) is 0 Å². The SMILES string of the molecule is CSCCNc1cc[c]cc1. The monoisotopic (exact) mass is 166 g/mol. The van der Waals surface area contributed by atoms with Crippen LogP contribution in [0.3, 0.4) is 0 Å². The first-order valence-corrected chi connectivity index (χ1v) is 5.02. The molecule has 0 aliphatic carbocycles. The van der Waals surface area contributed by atoms with Crippen molar-refractivity contribution in [3.05, 3.63) is 30.3 Å². The van der Waals surface area contributed by atoms with Crippen molar-refractivity contribution < 1.29 is 0 Å². The molecule has 1 aromatic carbocycles. The van der Waals surface area contributed by atoms with E-state index in [-0.39, 0.29) is 0 Å². The minimum Gasteiger partial charge on any atom is -0.384 e. The Morgan fingerprint density at radius 3 is 2.82 bits per heavy atom. The van der Waals surface area contributed by atoms with Crippen molar-refractivity contribution in [3.8, 4) is 0 Å². The lowest BCUT2D eigenvalue weighted by molar-refractivity contribution is 1.23. The molecule has 1 nitrogen and oxygen atoms in total. The molecule has 0 unspecified atom stereocenters. The third kappa shape index (κ3) is 3.33. The third-order valence-corrected chi connectivity index (χ3v) is 1.97. The van der Waals surface area contributed by atoms with Crippen molar-refractivity contribution in [3.63, 3.8) is 0 Å². The van der Waals surface area contributed by atoms with Crippen molar-refractivity contribution in [2.45, 2.75) is 0 Å². The summed E-state index contributed by atoms with van der Waals surface area (Å²) in [5, 5.41) is 3.30. The van der Waals surface area contributed by atoms with Crippen LogP contribution in [0.25, 0.3) is 0 Å². The number of hydrogen-bond donors (Lipinski definition) is 1. The van der Waals surface area contributed by atoms with E-state index in [2.05, 4.69) is 17.6 Å². The first-order valence-electron chi connectivity index (χ1n) is 3.62. The second kappa shape index (κ2) is 5.08. The van der Waals surface area contributed by atoms with Gasteiger partial charge in [-0.05, 0) is 24.5 Å². The van der Waals surface area contributed by atoms with Crippen LogP contribution in [0.15, 0.2) is 24.3 Å². The molecular weight excluding hydrogens is 154 g/mol. The van der Waals surface area contributed by atoms with Crippen molar-refractivity contribution in [1.82, 2.24) is 0 Å². The quantitative estimate of drug-likeness (QED) is 0.689. The van der Waals surface area contributed by atoms with Crippen LogP contribution in [0.2, 0.25) is 0 Å². The van der Waals surface area contributed by atoms with Gasteiger partial charge < -0.3 is 5.32 Å². The number of anilines is 1. The van der Waals surface area contributed by atoms with Crippen LogP contribution in [0.5, 0.6) is 0 Å². The highest BCUT2D eigenvalue weighted by atomic mass is 32.2. The Hall–Kier alpha value is -0.630. The maximum atomic E-state index is 3.30.